The van der Waals surface area contributed by atoms with Gasteiger partial charge in [-0.3, -0.25) is 4.72 Å². The van der Waals surface area contributed by atoms with Crippen LogP contribution in [-0.2, 0) is 10.0 Å². The molecular weight excluding hydrogens is 456 g/mol. The Morgan fingerprint density at radius 2 is 1.77 bits per heavy atom. The lowest BCUT2D eigenvalue weighted by atomic mass is 9.77. The van der Waals surface area contributed by atoms with Crippen LogP contribution in [0.25, 0.3) is 10.8 Å². The van der Waals surface area contributed by atoms with Crippen LogP contribution in [0.15, 0.2) is 102 Å². The van der Waals surface area contributed by atoms with Gasteiger partial charge in [0, 0.05) is 17.0 Å². The third kappa shape index (κ3) is 3.84. The highest BCUT2D eigenvalue weighted by molar-refractivity contribution is 7.92. The number of ether oxygens (including phenoxy) is 1. The fourth-order valence-corrected chi connectivity index (χ4v) is 6.54. The van der Waals surface area contributed by atoms with Crippen molar-refractivity contribution in [1.29, 1.82) is 0 Å². The molecule has 0 aromatic heterocycles. The van der Waals surface area contributed by atoms with Crippen molar-refractivity contribution in [3.05, 3.63) is 108 Å². The number of sulfonamides is 1. The Morgan fingerprint density at radius 3 is 2.66 bits per heavy atom. The molecule has 5 nitrogen and oxygen atoms in total. The zero-order chi connectivity index (χ0) is 24.0. The monoisotopic (exact) mass is 482 g/mol. The Kier molecular flexibility index (Phi) is 5.26. The lowest BCUT2D eigenvalue weighted by molar-refractivity contribution is 0.406. The molecule has 3 atom stereocenters. The van der Waals surface area contributed by atoms with E-state index in [2.05, 4.69) is 34.3 Å². The van der Waals surface area contributed by atoms with Crippen molar-refractivity contribution < 1.29 is 13.2 Å². The van der Waals surface area contributed by atoms with Crippen LogP contribution < -0.4 is 14.8 Å². The molecule has 2 aliphatic rings. The van der Waals surface area contributed by atoms with E-state index in [0.717, 1.165) is 34.2 Å². The number of hydrogen-bond donors (Lipinski definition) is 2. The van der Waals surface area contributed by atoms with E-state index >= 15 is 0 Å². The van der Waals surface area contributed by atoms with Gasteiger partial charge in [0.25, 0.3) is 10.0 Å². The second kappa shape index (κ2) is 8.47. The highest BCUT2D eigenvalue weighted by Gasteiger charge is 2.38. The van der Waals surface area contributed by atoms with Gasteiger partial charge in [0.2, 0.25) is 0 Å². The molecule has 0 unspecified atom stereocenters. The van der Waals surface area contributed by atoms with Gasteiger partial charge < -0.3 is 10.1 Å². The maximum Gasteiger partial charge on any atom is 0.261 e. The van der Waals surface area contributed by atoms with Crippen molar-refractivity contribution in [1.82, 2.24) is 0 Å². The van der Waals surface area contributed by atoms with Gasteiger partial charge in [0.1, 0.15) is 5.75 Å². The van der Waals surface area contributed by atoms with Crippen LogP contribution in [0.1, 0.15) is 29.5 Å². The number of benzene rings is 4. The minimum Gasteiger partial charge on any atom is -0.497 e. The van der Waals surface area contributed by atoms with E-state index in [9.17, 15) is 8.42 Å². The van der Waals surface area contributed by atoms with Gasteiger partial charge in [-0.15, -0.1) is 0 Å². The summed E-state index contributed by atoms with van der Waals surface area (Å²) < 4.78 is 35.1. The maximum absolute atomic E-state index is 13.4. The van der Waals surface area contributed by atoms with E-state index in [4.69, 9.17) is 4.74 Å². The van der Waals surface area contributed by atoms with Crippen LogP contribution in [0.3, 0.4) is 0 Å². The van der Waals surface area contributed by atoms with Crippen LogP contribution in [0.2, 0.25) is 0 Å². The van der Waals surface area contributed by atoms with E-state index in [1.165, 1.54) is 5.56 Å². The van der Waals surface area contributed by atoms with Crippen LogP contribution in [0, 0.1) is 5.92 Å². The third-order valence-electron chi connectivity index (χ3n) is 7.13. The number of anilines is 2. The number of nitrogens with one attached hydrogen (secondary N) is 2. The van der Waals surface area contributed by atoms with Crippen LogP contribution >= 0.6 is 0 Å². The first-order chi connectivity index (χ1) is 17.0. The zero-order valence-corrected chi connectivity index (χ0v) is 20.1. The van der Waals surface area contributed by atoms with Gasteiger partial charge in [-0.1, -0.05) is 60.7 Å². The standard InChI is InChI=1S/C29H26N2O3S/c1-34-21-10-4-9-20(17-21)29-25-13-6-12-24(25)26-18-22(15-16-27(26)30-29)35(32,33)31-28-14-5-8-19-7-2-3-11-23(19)28/h2-12,14-18,24-25,29-31H,13H2,1H3/t24-,25+,29+/m0/s1. The Balaban J connectivity index is 1.35. The van der Waals surface area contributed by atoms with Crippen LogP contribution in [0.4, 0.5) is 11.4 Å². The molecule has 35 heavy (non-hydrogen) atoms. The number of hydrogen-bond acceptors (Lipinski definition) is 4. The molecule has 0 spiro atoms. The molecular formula is C29H26N2O3S. The summed E-state index contributed by atoms with van der Waals surface area (Å²) in [4.78, 5) is 0.268. The zero-order valence-electron chi connectivity index (χ0n) is 19.3. The summed E-state index contributed by atoms with van der Waals surface area (Å²) in [5.41, 5.74) is 3.73. The predicted molar refractivity (Wildman–Crippen MR) is 141 cm³/mol. The largest absolute Gasteiger partial charge is 0.497 e. The van der Waals surface area contributed by atoms with Gasteiger partial charge in [-0.25, -0.2) is 8.42 Å². The van der Waals surface area contributed by atoms with E-state index in [1.807, 2.05) is 60.7 Å². The molecule has 4 aromatic rings. The predicted octanol–water partition coefficient (Wildman–Crippen LogP) is 6.48. The second-order valence-electron chi connectivity index (χ2n) is 9.13. The minimum absolute atomic E-state index is 0.119. The van der Waals surface area contributed by atoms with Crippen molar-refractivity contribution >= 4 is 32.2 Å². The first kappa shape index (κ1) is 21.7. The minimum atomic E-state index is -3.76. The normalized spacial score (nSPS) is 20.7. The van der Waals surface area contributed by atoms with E-state index < -0.39 is 10.0 Å². The van der Waals surface area contributed by atoms with E-state index in [-0.39, 0.29) is 16.9 Å². The first-order valence-corrected chi connectivity index (χ1v) is 13.2. The highest BCUT2D eigenvalue weighted by atomic mass is 32.2. The van der Waals surface area contributed by atoms with Gasteiger partial charge in [-0.2, -0.15) is 0 Å². The molecule has 1 heterocycles. The second-order valence-corrected chi connectivity index (χ2v) is 10.8. The molecule has 0 fully saturated rings. The lowest BCUT2D eigenvalue weighted by Gasteiger charge is -2.37. The molecule has 1 aliphatic carbocycles. The third-order valence-corrected chi connectivity index (χ3v) is 8.49. The summed E-state index contributed by atoms with van der Waals surface area (Å²) in [5, 5.41) is 5.54. The van der Waals surface area contributed by atoms with Gasteiger partial charge in [0.05, 0.1) is 23.7 Å². The molecule has 0 saturated carbocycles. The lowest BCUT2D eigenvalue weighted by Crippen LogP contribution is -2.29. The summed E-state index contributed by atoms with van der Waals surface area (Å²) in [6.07, 6.45) is 5.35. The van der Waals surface area contributed by atoms with Gasteiger partial charge in [0.15, 0.2) is 0 Å². The van der Waals surface area contributed by atoms with Gasteiger partial charge >= 0.3 is 0 Å². The van der Waals surface area contributed by atoms with Crippen molar-refractivity contribution in [3.63, 3.8) is 0 Å². The fourth-order valence-electron chi connectivity index (χ4n) is 5.42. The van der Waals surface area contributed by atoms with Crippen LogP contribution in [0.5, 0.6) is 5.75 Å². The average Bonchev–Trinajstić information content (AvgIpc) is 3.38. The Morgan fingerprint density at radius 1 is 0.943 bits per heavy atom. The number of rotatable bonds is 5. The molecule has 6 rings (SSSR count). The summed E-state index contributed by atoms with van der Waals surface area (Å²) in [7, 11) is -2.08. The smallest absolute Gasteiger partial charge is 0.261 e. The topological polar surface area (TPSA) is 67.4 Å². The summed E-state index contributed by atoms with van der Waals surface area (Å²) >= 11 is 0. The molecule has 4 aromatic carbocycles. The van der Waals surface area contributed by atoms with Crippen LogP contribution in [-0.4, -0.2) is 15.5 Å². The Bertz CT molecular complexity index is 1560. The van der Waals surface area contributed by atoms with Crippen molar-refractivity contribution in [2.75, 3.05) is 17.1 Å². The Hall–Kier alpha value is -3.77. The molecule has 1 aliphatic heterocycles. The molecule has 0 radical (unpaired) electrons. The molecule has 2 N–H and O–H groups in total. The summed E-state index contributed by atoms with van der Waals surface area (Å²) in [6, 6.07) is 27.1. The first-order valence-electron chi connectivity index (χ1n) is 11.8. The quantitative estimate of drug-likeness (QED) is 0.320. The summed E-state index contributed by atoms with van der Waals surface area (Å²) in [6.45, 7) is 0. The van der Waals surface area contributed by atoms with E-state index in [1.54, 1.807) is 19.2 Å². The maximum atomic E-state index is 13.4. The molecule has 176 valence electrons. The van der Waals surface area contributed by atoms with Crippen molar-refractivity contribution in [2.45, 2.75) is 23.3 Å². The molecule has 0 amide bonds. The highest BCUT2D eigenvalue weighted by Crippen LogP contribution is 2.50. The SMILES string of the molecule is COc1cccc([C@H]2Nc3ccc(S(=O)(=O)Nc4cccc5ccccc45)cc3[C@H]3C=CC[C@H]32)c1. The summed E-state index contributed by atoms with van der Waals surface area (Å²) in [5.74, 6) is 1.28. The van der Waals surface area contributed by atoms with Crippen molar-refractivity contribution in [3.8, 4) is 5.75 Å². The molecule has 0 saturated heterocycles. The average molecular weight is 483 g/mol. The molecule has 0 bridgehead atoms. The number of fused-ring (bicyclic) bond motifs is 4. The number of allylic oxidation sites excluding steroid dienone is 2. The number of methoxy groups -OCH3 is 1. The van der Waals surface area contributed by atoms with E-state index in [0.29, 0.717) is 11.6 Å². The van der Waals surface area contributed by atoms with Gasteiger partial charge in [-0.05, 0) is 65.3 Å². The Labute approximate surface area is 205 Å². The fraction of sp³-hybridized carbons (Fsp3) is 0.172. The molecule has 6 heteroatoms. The van der Waals surface area contributed by atoms with Crippen molar-refractivity contribution in [2.24, 2.45) is 5.92 Å².